The molecule has 0 aromatic rings. The summed E-state index contributed by atoms with van der Waals surface area (Å²) >= 11 is 0. The Kier molecular flexibility index (Phi) is 7.80. The van der Waals surface area contributed by atoms with E-state index in [1.165, 1.54) is 0 Å². The fraction of sp³-hybridized carbons (Fsp3) is 0.533. The molecule has 1 N–H and O–H groups in total. The molecule has 0 fully saturated rings. The second-order valence-corrected chi connectivity index (χ2v) is 4.73. The molecule has 0 aromatic heterocycles. The summed E-state index contributed by atoms with van der Waals surface area (Å²) in [6.45, 7) is 11.9. The van der Waals surface area contributed by atoms with Crippen LogP contribution in [-0.4, -0.2) is 17.7 Å². The van der Waals surface area contributed by atoms with Crippen molar-refractivity contribution < 1.29 is 23.4 Å². The highest BCUT2D eigenvalue weighted by molar-refractivity contribution is 5.69. The first kappa shape index (κ1) is 18.4. The number of allylic oxidation sites excluding steroid dienone is 3. The van der Waals surface area contributed by atoms with Gasteiger partial charge in [0.25, 0.3) is 0 Å². The van der Waals surface area contributed by atoms with Gasteiger partial charge in [-0.2, -0.15) is 4.39 Å². The summed E-state index contributed by atoms with van der Waals surface area (Å²) in [7, 11) is 0. The van der Waals surface area contributed by atoms with Gasteiger partial charge >= 0.3 is 5.97 Å². The van der Waals surface area contributed by atoms with Gasteiger partial charge in [0.15, 0.2) is 17.4 Å². The number of aliphatic carboxylic acids is 1. The normalized spacial score (nSPS) is 15.1. The second-order valence-electron chi connectivity index (χ2n) is 4.73. The first-order chi connectivity index (χ1) is 9.22. The lowest BCUT2D eigenvalue weighted by atomic mass is 9.92. The average molecular weight is 288 g/mol. The van der Waals surface area contributed by atoms with Crippen molar-refractivity contribution in [2.45, 2.75) is 33.6 Å². The van der Waals surface area contributed by atoms with E-state index in [1.807, 2.05) is 0 Å². The van der Waals surface area contributed by atoms with Gasteiger partial charge in [-0.05, 0) is 31.3 Å². The van der Waals surface area contributed by atoms with Crippen LogP contribution in [0, 0.1) is 11.8 Å². The second kappa shape index (κ2) is 8.51. The SMILES string of the molecule is C=C(OCC)/C(F)=C(/F)C(=C)C(C)CCC(C)C(=O)O. The van der Waals surface area contributed by atoms with E-state index < -0.39 is 23.5 Å². The number of rotatable bonds is 9. The highest BCUT2D eigenvalue weighted by Crippen LogP contribution is 2.29. The maximum atomic E-state index is 13.8. The molecule has 0 heterocycles. The number of ether oxygens (including phenoxy) is 1. The minimum Gasteiger partial charge on any atom is -0.491 e. The van der Waals surface area contributed by atoms with Crippen LogP contribution in [0.15, 0.2) is 36.1 Å². The molecule has 0 aliphatic carbocycles. The Morgan fingerprint density at radius 2 is 1.65 bits per heavy atom. The monoisotopic (exact) mass is 288 g/mol. The maximum Gasteiger partial charge on any atom is 0.306 e. The Balaban J connectivity index is 4.68. The lowest BCUT2D eigenvalue weighted by Gasteiger charge is -2.15. The molecule has 3 nitrogen and oxygen atoms in total. The van der Waals surface area contributed by atoms with Gasteiger partial charge in [0.1, 0.15) is 0 Å². The van der Waals surface area contributed by atoms with Crippen LogP contribution >= 0.6 is 0 Å². The first-order valence-corrected chi connectivity index (χ1v) is 6.51. The van der Waals surface area contributed by atoms with Crippen LogP contribution in [0.4, 0.5) is 8.78 Å². The van der Waals surface area contributed by atoms with Gasteiger partial charge in [-0.3, -0.25) is 4.79 Å². The number of carboxylic acid groups (broad SMARTS) is 1. The highest BCUT2D eigenvalue weighted by Gasteiger charge is 2.20. The number of halogens is 2. The molecule has 0 bridgehead atoms. The largest absolute Gasteiger partial charge is 0.491 e. The maximum absolute atomic E-state index is 13.8. The van der Waals surface area contributed by atoms with Crippen molar-refractivity contribution in [1.82, 2.24) is 0 Å². The lowest BCUT2D eigenvalue weighted by Crippen LogP contribution is -2.11. The Hall–Kier alpha value is -1.65. The number of hydrogen-bond acceptors (Lipinski definition) is 2. The van der Waals surface area contributed by atoms with E-state index in [-0.39, 0.29) is 23.9 Å². The van der Waals surface area contributed by atoms with Crippen molar-refractivity contribution >= 4 is 5.97 Å². The van der Waals surface area contributed by atoms with E-state index in [1.54, 1.807) is 20.8 Å². The Morgan fingerprint density at radius 3 is 2.10 bits per heavy atom. The third-order valence-corrected chi connectivity index (χ3v) is 3.09. The minimum atomic E-state index is -1.16. The molecular weight excluding hydrogens is 266 g/mol. The molecule has 0 spiro atoms. The Labute approximate surface area is 118 Å². The van der Waals surface area contributed by atoms with Gasteiger partial charge in [-0.25, -0.2) is 4.39 Å². The fourth-order valence-electron chi connectivity index (χ4n) is 1.51. The minimum absolute atomic E-state index is 0.0130. The summed E-state index contributed by atoms with van der Waals surface area (Å²) in [5.74, 6) is -4.40. The van der Waals surface area contributed by atoms with Gasteiger partial charge in [-0.1, -0.05) is 27.0 Å². The van der Waals surface area contributed by atoms with Crippen LogP contribution in [0.25, 0.3) is 0 Å². The molecule has 2 atom stereocenters. The standard InChI is InChI=1S/C15H22F2O3/c1-6-20-12(5)14(17)13(16)11(4)9(2)7-8-10(3)15(18)19/h9-10H,4-8H2,1-3H3,(H,18,19)/b14-13-. The van der Waals surface area contributed by atoms with Crippen molar-refractivity contribution in [1.29, 1.82) is 0 Å². The van der Waals surface area contributed by atoms with Crippen molar-refractivity contribution in [2.24, 2.45) is 11.8 Å². The summed E-state index contributed by atoms with van der Waals surface area (Å²) in [5.41, 5.74) is -0.0130. The number of carbonyl (C=O) groups is 1. The van der Waals surface area contributed by atoms with Crippen LogP contribution in [0.3, 0.4) is 0 Å². The number of carboxylic acids is 1. The molecule has 0 saturated carbocycles. The van der Waals surface area contributed by atoms with E-state index in [9.17, 15) is 13.6 Å². The van der Waals surface area contributed by atoms with Gasteiger partial charge in [-0.15, -0.1) is 0 Å². The van der Waals surface area contributed by atoms with Crippen molar-refractivity contribution in [3.8, 4) is 0 Å². The molecular formula is C15H22F2O3. The zero-order valence-corrected chi connectivity index (χ0v) is 12.2. The molecule has 0 rings (SSSR count). The van der Waals surface area contributed by atoms with Crippen LogP contribution in [-0.2, 0) is 9.53 Å². The average Bonchev–Trinajstić information content (AvgIpc) is 2.41. The number of hydrogen-bond donors (Lipinski definition) is 1. The predicted molar refractivity (Wildman–Crippen MR) is 74.3 cm³/mol. The molecule has 0 aliphatic rings. The summed E-state index contributed by atoms with van der Waals surface area (Å²) in [5, 5.41) is 8.77. The van der Waals surface area contributed by atoms with Crippen molar-refractivity contribution in [3.63, 3.8) is 0 Å². The summed E-state index contributed by atoms with van der Waals surface area (Å²) in [6.07, 6.45) is 0.783. The fourth-order valence-corrected chi connectivity index (χ4v) is 1.51. The molecule has 114 valence electrons. The first-order valence-electron chi connectivity index (χ1n) is 6.51. The zero-order valence-electron chi connectivity index (χ0n) is 12.2. The molecule has 0 amide bonds. The summed E-state index contributed by atoms with van der Waals surface area (Å²) in [6, 6.07) is 0. The van der Waals surface area contributed by atoms with Crippen LogP contribution in [0.1, 0.15) is 33.6 Å². The van der Waals surface area contributed by atoms with Gasteiger partial charge in [0, 0.05) is 0 Å². The molecule has 20 heavy (non-hydrogen) atoms. The highest BCUT2D eigenvalue weighted by atomic mass is 19.2. The van der Waals surface area contributed by atoms with Gasteiger partial charge in [0.05, 0.1) is 12.5 Å². The van der Waals surface area contributed by atoms with Crippen LogP contribution in [0.5, 0.6) is 0 Å². The van der Waals surface area contributed by atoms with E-state index in [4.69, 9.17) is 9.84 Å². The predicted octanol–water partition coefficient (Wildman–Crippen LogP) is 4.38. The molecule has 0 saturated heterocycles. The smallest absolute Gasteiger partial charge is 0.306 e. The van der Waals surface area contributed by atoms with Gasteiger partial charge < -0.3 is 9.84 Å². The van der Waals surface area contributed by atoms with E-state index in [0.717, 1.165) is 0 Å². The Bertz CT molecular complexity index is 413. The van der Waals surface area contributed by atoms with Crippen LogP contribution < -0.4 is 0 Å². The zero-order chi connectivity index (χ0) is 15.9. The van der Waals surface area contributed by atoms with Crippen molar-refractivity contribution in [2.75, 3.05) is 6.61 Å². The quantitative estimate of drug-likeness (QED) is 0.506. The van der Waals surface area contributed by atoms with E-state index >= 15 is 0 Å². The molecule has 0 radical (unpaired) electrons. The van der Waals surface area contributed by atoms with E-state index in [0.29, 0.717) is 12.8 Å². The lowest BCUT2D eigenvalue weighted by molar-refractivity contribution is -0.141. The third-order valence-electron chi connectivity index (χ3n) is 3.09. The van der Waals surface area contributed by atoms with Crippen molar-refractivity contribution in [3.05, 3.63) is 36.1 Å². The molecule has 2 unspecified atom stereocenters. The third kappa shape index (κ3) is 5.55. The Morgan fingerprint density at radius 1 is 1.15 bits per heavy atom. The summed E-state index contributed by atoms with van der Waals surface area (Å²) < 4.78 is 32.3. The van der Waals surface area contributed by atoms with Crippen LogP contribution in [0.2, 0.25) is 0 Å². The molecule has 0 aliphatic heterocycles. The molecule has 5 heteroatoms. The topological polar surface area (TPSA) is 46.5 Å². The molecule has 0 aromatic carbocycles. The van der Waals surface area contributed by atoms with E-state index in [2.05, 4.69) is 13.2 Å². The summed E-state index contributed by atoms with van der Waals surface area (Å²) in [4.78, 5) is 10.7. The van der Waals surface area contributed by atoms with Gasteiger partial charge in [0.2, 0.25) is 0 Å².